The first-order valence-corrected chi connectivity index (χ1v) is 7.11. The van der Waals surface area contributed by atoms with E-state index in [0.717, 1.165) is 31.4 Å². The summed E-state index contributed by atoms with van der Waals surface area (Å²) in [4.78, 5) is 17.0. The van der Waals surface area contributed by atoms with E-state index in [4.69, 9.17) is 0 Å². The first-order chi connectivity index (χ1) is 8.11. The molecule has 2 saturated carbocycles. The summed E-state index contributed by atoms with van der Waals surface area (Å²) in [5.74, 6) is 0.856. The molecule has 2 atom stereocenters. The van der Waals surface area contributed by atoms with Crippen molar-refractivity contribution in [2.24, 2.45) is 17.3 Å². The van der Waals surface area contributed by atoms with Crippen LogP contribution in [0.2, 0.25) is 0 Å². The maximum Gasteiger partial charge on any atom is 0.309 e. The zero-order chi connectivity index (χ0) is 12.0. The molecule has 4 heteroatoms. The molecule has 1 aromatic rings. The SMILES string of the molecule is Cc1ncsc1CCC1(C(=O)O)CC2CC2C1. The Balaban J connectivity index is 1.70. The molecule has 2 fully saturated rings. The lowest BCUT2D eigenvalue weighted by Gasteiger charge is -2.25. The van der Waals surface area contributed by atoms with Gasteiger partial charge in [0.25, 0.3) is 0 Å². The zero-order valence-corrected chi connectivity index (χ0v) is 10.8. The lowest BCUT2D eigenvalue weighted by atomic mass is 9.78. The second-order valence-corrected chi connectivity index (χ2v) is 6.55. The summed E-state index contributed by atoms with van der Waals surface area (Å²) < 4.78 is 0. The average molecular weight is 251 g/mol. The Morgan fingerprint density at radius 1 is 1.59 bits per heavy atom. The maximum absolute atomic E-state index is 11.5. The molecule has 0 bridgehead atoms. The number of hydrogen-bond donors (Lipinski definition) is 1. The largest absolute Gasteiger partial charge is 0.481 e. The third kappa shape index (κ3) is 1.88. The molecule has 0 radical (unpaired) electrons. The number of carboxylic acid groups (broad SMARTS) is 1. The molecule has 0 aromatic carbocycles. The Bertz CT molecular complexity index is 444. The van der Waals surface area contributed by atoms with E-state index in [0.29, 0.717) is 11.8 Å². The molecule has 0 saturated heterocycles. The summed E-state index contributed by atoms with van der Waals surface area (Å²) in [5.41, 5.74) is 2.49. The van der Waals surface area contributed by atoms with Crippen LogP contribution in [-0.4, -0.2) is 16.1 Å². The van der Waals surface area contributed by atoms with Crippen LogP contribution < -0.4 is 0 Å². The fourth-order valence-electron chi connectivity index (χ4n) is 3.30. The van der Waals surface area contributed by atoms with Crippen LogP contribution in [0.3, 0.4) is 0 Å². The van der Waals surface area contributed by atoms with Gasteiger partial charge in [-0.3, -0.25) is 4.79 Å². The molecule has 1 N–H and O–H groups in total. The van der Waals surface area contributed by atoms with Gasteiger partial charge in [-0.25, -0.2) is 4.98 Å². The number of aliphatic carboxylic acids is 1. The molecule has 3 rings (SSSR count). The number of aromatic nitrogens is 1. The van der Waals surface area contributed by atoms with E-state index in [2.05, 4.69) is 4.98 Å². The van der Waals surface area contributed by atoms with Gasteiger partial charge in [-0.15, -0.1) is 11.3 Å². The first-order valence-electron chi connectivity index (χ1n) is 6.23. The second-order valence-electron chi connectivity index (χ2n) is 5.61. The fourth-order valence-corrected chi connectivity index (χ4v) is 4.08. The maximum atomic E-state index is 11.5. The molecule has 92 valence electrons. The first kappa shape index (κ1) is 11.2. The van der Waals surface area contributed by atoms with Gasteiger partial charge in [0.15, 0.2) is 0 Å². The minimum absolute atomic E-state index is 0.427. The predicted octanol–water partition coefficient (Wildman–Crippen LogP) is 2.89. The molecular weight excluding hydrogens is 234 g/mol. The monoisotopic (exact) mass is 251 g/mol. The molecule has 17 heavy (non-hydrogen) atoms. The number of carboxylic acids is 1. The number of carbonyl (C=O) groups is 1. The smallest absolute Gasteiger partial charge is 0.309 e. The highest BCUT2D eigenvalue weighted by molar-refractivity contribution is 7.09. The Hall–Kier alpha value is -0.900. The van der Waals surface area contributed by atoms with Crippen molar-refractivity contribution in [1.29, 1.82) is 0 Å². The van der Waals surface area contributed by atoms with Gasteiger partial charge in [0, 0.05) is 4.88 Å². The van der Waals surface area contributed by atoms with Crippen molar-refractivity contribution in [3.05, 3.63) is 16.1 Å². The third-order valence-corrected chi connectivity index (χ3v) is 5.50. The van der Waals surface area contributed by atoms with Gasteiger partial charge in [-0.1, -0.05) is 0 Å². The van der Waals surface area contributed by atoms with E-state index < -0.39 is 11.4 Å². The van der Waals surface area contributed by atoms with Crippen molar-refractivity contribution in [3.8, 4) is 0 Å². The molecule has 2 unspecified atom stereocenters. The molecule has 0 spiro atoms. The zero-order valence-electron chi connectivity index (χ0n) is 9.98. The minimum atomic E-state index is -0.577. The molecule has 0 amide bonds. The lowest BCUT2D eigenvalue weighted by molar-refractivity contribution is -0.149. The number of aryl methyl sites for hydroxylation is 2. The number of thiazole rings is 1. The summed E-state index contributed by atoms with van der Waals surface area (Å²) in [6.45, 7) is 2.01. The number of hydrogen-bond acceptors (Lipinski definition) is 3. The van der Waals surface area contributed by atoms with Gasteiger partial charge in [0.1, 0.15) is 0 Å². The summed E-state index contributed by atoms with van der Waals surface area (Å²) >= 11 is 1.65. The average Bonchev–Trinajstić information content (AvgIpc) is 2.73. The topological polar surface area (TPSA) is 50.2 Å². The van der Waals surface area contributed by atoms with Gasteiger partial charge in [-0.05, 0) is 50.9 Å². The van der Waals surface area contributed by atoms with Crippen molar-refractivity contribution in [1.82, 2.24) is 4.98 Å². The summed E-state index contributed by atoms with van der Waals surface area (Å²) in [7, 11) is 0. The van der Waals surface area contributed by atoms with Crippen LogP contribution in [0.5, 0.6) is 0 Å². The van der Waals surface area contributed by atoms with Crippen molar-refractivity contribution >= 4 is 17.3 Å². The van der Waals surface area contributed by atoms with E-state index in [1.807, 2.05) is 12.4 Å². The fraction of sp³-hybridized carbons (Fsp3) is 0.692. The van der Waals surface area contributed by atoms with Crippen LogP contribution in [0, 0.1) is 24.2 Å². The second kappa shape index (κ2) is 3.80. The van der Waals surface area contributed by atoms with E-state index in [-0.39, 0.29) is 0 Å². The molecule has 1 aromatic heterocycles. The number of rotatable bonds is 4. The van der Waals surface area contributed by atoms with Crippen LogP contribution in [0.1, 0.15) is 36.3 Å². The molecule has 3 nitrogen and oxygen atoms in total. The summed E-state index contributed by atoms with van der Waals surface area (Å²) in [6, 6.07) is 0. The van der Waals surface area contributed by atoms with E-state index in [1.165, 1.54) is 11.3 Å². The van der Waals surface area contributed by atoms with Crippen LogP contribution in [0.4, 0.5) is 0 Å². The predicted molar refractivity (Wildman–Crippen MR) is 66.1 cm³/mol. The highest BCUT2D eigenvalue weighted by Gasteiger charge is 2.57. The lowest BCUT2D eigenvalue weighted by Crippen LogP contribution is -2.30. The van der Waals surface area contributed by atoms with E-state index in [9.17, 15) is 9.90 Å². The van der Waals surface area contributed by atoms with Crippen LogP contribution in [-0.2, 0) is 11.2 Å². The summed E-state index contributed by atoms with van der Waals surface area (Å²) in [5, 5.41) is 9.49. The Kier molecular flexibility index (Phi) is 2.51. The van der Waals surface area contributed by atoms with Gasteiger partial charge in [-0.2, -0.15) is 0 Å². The third-order valence-electron chi connectivity index (χ3n) is 4.50. The Morgan fingerprint density at radius 2 is 2.29 bits per heavy atom. The molecule has 0 aliphatic heterocycles. The Labute approximate surface area is 105 Å². The van der Waals surface area contributed by atoms with E-state index >= 15 is 0 Å². The van der Waals surface area contributed by atoms with Gasteiger partial charge >= 0.3 is 5.97 Å². The quantitative estimate of drug-likeness (QED) is 0.895. The van der Waals surface area contributed by atoms with Crippen LogP contribution in [0.15, 0.2) is 5.51 Å². The van der Waals surface area contributed by atoms with Crippen molar-refractivity contribution in [3.63, 3.8) is 0 Å². The Morgan fingerprint density at radius 3 is 2.82 bits per heavy atom. The molecular formula is C13H17NO2S. The standard InChI is InChI=1S/C13H17NO2S/c1-8-11(17-7-14-8)2-3-13(12(15)16)5-9-4-10(9)6-13/h7,9-10H,2-6H2,1H3,(H,15,16). The number of nitrogens with zero attached hydrogens (tertiary/aromatic N) is 1. The van der Waals surface area contributed by atoms with Gasteiger partial charge < -0.3 is 5.11 Å². The van der Waals surface area contributed by atoms with Crippen molar-refractivity contribution in [2.75, 3.05) is 0 Å². The van der Waals surface area contributed by atoms with Gasteiger partial charge in [0.05, 0.1) is 16.6 Å². The molecule has 1 heterocycles. The van der Waals surface area contributed by atoms with E-state index in [1.54, 1.807) is 11.3 Å². The van der Waals surface area contributed by atoms with Gasteiger partial charge in [0.2, 0.25) is 0 Å². The highest BCUT2D eigenvalue weighted by atomic mass is 32.1. The van der Waals surface area contributed by atoms with Crippen LogP contribution >= 0.6 is 11.3 Å². The van der Waals surface area contributed by atoms with Crippen molar-refractivity contribution in [2.45, 2.75) is 39.0 Å². The minimum Gasteiger partial charge on any atom is -0.481 e. The van der Waals surface area contributed by atoms with Crippen molar-refractivity contribution < 1.29 is 9.90 Å². The van der Waals surface area contributed by atoms with Crippen LogP contribution in [0.25, 0.3) is 0 Å². The number of fused-ring (bicyclic) bond motifs is 1. The summed E-state index contributed by atoms with van der Waals surface area (Å²) in [6.07, 6.45) is 4.75. The molecule has 2 aliphatic rings. The normalized spacial score (nSPS) is 34.6. The highest BCUT2D eigenvalue weighted by Crippen LogP contribution is 2.61. The molecule has 2 aliphatic carbocycles.